The Balaban J connectivity index is 2.47. The van der Waals surface area contributed by atoms with E-state index >= 15 is 0 Å². The quantitative estimate of drug-likeness (QED) is 0.426. The molecular formula is C18H34. The lowest BCUT2D eigenvalue weighted by Crippen LogP contribution is -2.26. The van der Waals surface area contributed by atoms with E-state index in [0.29, 0.717) is 0 Å². The van der Waals surface area contributed by atoms with E-state index in [-0.39, 0.29) is 0 Å². The lowest BCUT2D eigenvalue weighted by Gasteiger charge is -2.37. The summed E-state index contributed by atoms with van der Waals surface area (Å²) in [5.74, 6) is 3.64. The predicted molar refractivity (Wildman–Crippen MR) is 82.7 cm³/mol. The average Bonchev–Trinajstić information content (AvgIpc) is 2.38. The van der Waals surface area contributed by atoms with Gasteiger partial charge in [0.1, 0.15) is 0 Å². The van der Waals surface area contributed by atoms with Gasteiger partial charge in [0.15, 0.2) is 0 Å². The predicted octanol–water partition coefficient (Wildman–Crippen LogP) is 6.22. The number of hydrogen-bond donors (Lipinski definition) is 0. The number of hydrogen-bond acceptors (Lipinski definition) is 0. The fourth-order valence-electron chi connectivity index (χ4n) is 3.65. The van der Waals surface area contributed by atoms with Crippen LogP contribution in [-0.2, 0) is 0 Å². The normalized spacial score (nSPS) is 24.4. The fraction of sp³-hybridized carbons (Fsp3) is 0.889. The Bertz CT molecular complexity index is 240. The molecule has 0 spiro atoms. The van der Waals surface area contributed by atoms with Crippen LogP contribution in [0, 0.1) is 23.7 Å². The van der Waals surface area contributed by atoms with Gasteiger partial charge < -0.3 is 0 Å². The molecule has 0 N–H and O–H groups in total. The maximum atomic E-state index is 4.20. The zero-order valence-electron chi connectivity index (χ0n) is 13.2. The van der Waals surface area contributed by atoms with Gasteiger partial charge in [-0.15, -0.1) is 0 Å². The molecule has 1 rings (SSSR count). The van der Waals surface area contributed by atoms with Crippen molar-refractivity contribution in [2.75, 3.05) is 0 Å². The molecule has 0 aliphatic heterocycles. The molecule has 0 radical (unpaired) electrons. The maximum absolute atomic E-state index is 4.20. The van der Waals surface area contributed by atoms with E-state index in [4.69, 9.17) is 0 Å². The third-order valence-corrected chi connectivity index (χ3v) is 5.44. The molecule has 1 aliphatic carbocycles. The van der Waals surface area contributed by atoms with Crippen LogP contribution in [0.3, 0.4) is 0 Å². The van der Waals surface area contributed by atoms with Crippen molar-refractivity contribution in [1.29, 1.82) is 0 Å². The molecule has 0 aromatic rings. The second kappa shape index (κ2) is 8.02. The standard InChI is InChI=1S/C18H34/c1-6-9-10-16(7-2)15(5)17(8-3)13-18-12-11-14(18)4/h15-18H,4,6-13H2,1-3,5H3. The van der Waals surface area contributed by atoms with E-state index in [9.17, 15) is 0 Å². The summed E-state index contributed by atoms with van der Waals surface area (Å²) in [4.78, 5) is 0. The van der Waals surface area contributed by atoms with Gasteiger partial charge in [0.25, 0.3) is 0 Å². The first-order valence-corrected chi connectivity index (χ1v) is 8.31. The smallest absolute Gasteiger partial charge is 0.0200 e. The van der Waals surface area contributed by atoms with E-state index in [1.807, 2.05) is 0 Å². The van der Waals surface area contributed by atoms with E-state index in [2.05, 4.69) is 34.3 Å². The average molecular weight is 250 g/mol. The molecule has 1 fully saturated rings. The highest BCUT2D eigenvalue weighted by molar-refractivity contribution is 5.10. The van der Waals surface area contributed by atoms with Gasteiger partial charge in [-0.2, -0.15) is 0 Å². The minimum atomic E-state index is 0.862. The zero-order chi connectivity index (χ0) is 13.5. The van der Waals surface area contributed by atoms with Gasteiger partial charge in [0.2, 0.25) is 0 Å². The molecule has 106 valence electrons. The van der Waals surface area contributed by atoms with Gasteiger partial charge in [0.05, 0.1) is 0 Å². The second-order valence-electron chi connectivity index (χ2n) is 6.47. The molecule has 0 nitrogen and oxygen atoms in total. The van der Waals surface area contributed by atoms with Crippen LogP contribution in [0.25, 0.3) is 0 Å². The Morgan fingerprint density at radius 1 is 1.17 bits per heavy atom. The van der Waals surface area contributed by atoms with Crippen LogP contribution in [0.5, 0.6) is 0 Å². The lowest BCUT2D eigenvalue weighted by molar-refractivity contribution is 0.181. The summed E-state index contributed by atoms with van der Waals surface area (Å²) >= 11 is 0. The van der Waals surface area contributed by atoms with E-state index in [0.717, 1.165) is 23.7 Å². The molecule has 0 heterocycles. The van der Waals surface area contributed by atoms with E-state index < -0.39 is 0 Å². The molecule has 0 saturated heterocycles. The van der Waals surface area contributed by atoms with Crippen molar-refractivity contribution >= 4 is 0 Å². The first-order valence-electron chi connectivity index (χ1n) is 8.31. The summed E-state index contributed by atoms with van der Waals surface area (Å²) in [7, 11) is 0. The van der Waals surface area contributed by atoms with Crippen LogP contribution >= 0.6 is 0 Å². The Hall–Kier alpha value is -0.260. The highest BCUT2D eigenvalue weighted by Crippen LogP contribution is 2.41. The van der Waals surface area contributed by atoms with Gasteiger partial charge in [-0.05, 0) is 42.9 Å². The molecule has 4 atom stereocenters. The molecule has 1 aliphatic rings. The van der Waals surface area contributed by atoms with Crippen LogP contribution in [0.15, 0.2) is 12.2 Å². The van der Waals surface area contributed by atoms with Crippen molar-refractivity contribution in [3.05, 3.63) is 12.2 Å². The van der Waals surface area contributed by atoms with E-state index in [1.165, 1.54) is 56.9 Å². The van der Waals surface area contributed by atoms with Crippen LogP contribution in [-0.4, -0.2) is 0 Å². The summed E-state index contributed by atoms with van der Waals surface area (Å²) in [6.07, 6.45) is 11.0. The molecule has 0 bridgehead atoms. The Kier molecular flexibility index (Phi) is 7.04. The molecule has 18 heavy (non-hydrogen) atoms. The Morgan fingerprint density at radius 2 is 1.83 bits per heavy atom. The minimum absolute atomic E-state index is 0.862. The molecule has 0 aromatic carbocycles. The summed E-state index contributed by atoms with van der Waals surface area (Å²) in [5, 5.41) is 0. The van der Waals surface area contributed by atoms with Crippen molar-refractivity contribution < 1.29 is 0 Å². The number of unbranched alkanes of at least 4 members (excludes halogenated alkanes) is 1. The fourth-order valence-corrected chi connectivity index (χ4v) is 3.65. The second-order valence-corrected chi connectivity index (χ2v) is 6.47. The van der Waals surface area contributed by atoms with E-state index in [1.54, 1.807) is 0 Å². The van der Waals surface area contributed by atoms with Crippen LogP contribution in [0.2, 0.25) is 0 Å². The highest BCUT2D eigenvalue weighted by Gasteiger charge is 2.29. The van der Waals surface area contributed by atoms with Crippen molar-refractivity contribution in [2.45, 2.75) is 79.1 Å². The van der Waals surface area contributed by atoms with Crippen LogP contribution < -0.4 is 0 Å². The SMILES string of the molecule is C=C1CCC1CC(CC)C(C)C(CC)CCCC. The zero-order valence-corrected chi connectivity index (χ0v) is 13.2. The highest BCUT2D eigenvalue weighted by atomic mass is 14.3. The third-order valence-electron chi connectivity index (χ3n) is 5.44. The summed E-state index contributed by atoms with van der Waals surface area (Å²) in [6, 6.07) is 0. The molecule has 4 unspecified atom stereocenters. The summed E-state index contributed by atoms with van der Waals surface area (Å²) in [5.41, 5.74) is 1.53. The van der Waals surface area contributed by atoms with Gasteiger partial charge in [-0.1, -0.05) is 72.0 Å². The third kappa shape index (κ3) is 4.14. The Morgan fingerprint density at radius 3 is 2.22 bits per heavy atom. The van der Waals surface area contributed by atoms with Crippen LogP contribution in [0.4, 0.5) is 0 Å². The van der Waals surface area contributed by atoms with Crippen molar-refractivity contribution in [2.24, 2.45) is 23.7 Å². The monoisotopic (exact) mass is 250 g/mol. The first-order chi connectivity index (χ1) is 8.63. The van der Waals surface area contributed by atoms with Gasteiger partial charge in [-0.3, -0.25) is 0 Å². The number of rotatable bonds is 9. The molecule has 1 saturated carbocycles. The maximum Gasteiger partial charge on any atom is -0.0200 e. The molecule has 0 heteroatoms. The minimum Gasteiger partial charge on any atom is -0.0996 e. The summed E-state index contributed by atoms with van der Waals surface area (Å²) < 4.78 is 0. The number of allylic oxidation sites excluding steroid dienone is 1. The van der Waals surface area contributed by atoms with Gasteiger partial charge in [0, 0.05) is 0 Å². The Labute approximate surface area is 115 Å². The van der Waals surface area contributed by atoms with Crippen molar-refractivity contribution in [1.82, 2.24) is 0 Å². The molecular weight excluding hydrogens is 216 g/mol. The van der Waals surface area contributed by atoms with Crippen molar-refractivity contribution in [3.8, 4) is 0 Å². The molecule has 0 aromatic heterocycles. The topological polar surface area (TPSA) is 0 Å². The largest absolute Gasteiger partial charge is 0.0996 e. The van der Waals surface area contributed by atoms with Crippen LogP contribution in [0.1, 0.15) is 79.1 Å². The summed E-state index contributed by atoms with van der Waals surface area (Å²) in [6.45, 7) is 13.8. The van der Waals surface area contributed by atoms with Gasteiger partial charge in [-0.25, -0.2) is 0 Å². The lowest BCUT2D eigenvalue weighted by atomic mass is 9.69. The van der Waals surface area contributed by atoms with Gasteiger partial charge >= 0.3 is 0 Å². The van der Waals surface area contributed by atoms with Crippen molar-refractivity contribution in [3.63, 3.8) is 0 Å². The molecule has 0 amide bonds. The first kappa shape index (κ1) is 15.8.